The van der Waals surface area contributed by atoms with Crippen molar-refractivity contribution >= 4 is 39.2 Å². The smallest absolute Gasteiger partial charge is 0.337 e. The summed E-state index contributed by atoms with van der Waals surface area (Å²) >= 11 is 0. The molecule has 1 heterocycles. The number of nitrogens with zero attached hydrogens (tertiary/aromatic N) is 2. The molecule has 0 bridgehead atoms. The summed E-state index contributed by atoms with van der Waals surface area (Å²) in [5.74, 6) is -0.724. The number of nitrogens with one attached hydrogen (secondary N) is 1. The molecule has 0 radical (unpaired) electrons. The Morgan fingerprint density at radius 3 is 2.38 bits per heavy atom. The molecule has 4 rings (SSSR count). The standard InChI is InChI=1S/C28H29N3O7S/c1-4-30(5-2)39(35,36)23-12-9-20(10-13-23)27(33)29-22-11-14-25-24(16-22)31(26(32)18-38-25)17-19-7-6-8-21(15-19)28(34)37-3/h6-16H,4-5,17-18H2,1-3H3,(H,29,33). The van der Waals surface area contributed by atoms with Crippen LogP contribution in [0, 0.1) is 0 Å². The number of carbonyl (C=O) groups excluding carboxylic acids is 3. The topological polar surface area (TPSA) is 122 Å². The monoisotopic (exact) mass is 551 g/mol. The zero-order chi connectivity index (χ0) is 28.2. The highest BCUT2D eigenvalue weighted by Gasteiger charge is 2.27. The fourth-order valence-corrected chi connectivity index (χ4v) is 5.70. The minimum atomic E-state index is -3.63. The van der Waals surface area contributed by atoms with Crippen molar-refractivity contribution in [1.29, 1.82) is 0 Å². The Bertz CT molecular complexity index is 1500. The lowest BCUT2D eigenvalue weighted by Crippen LogP contribution is -2.38. The minimum absolute atomic E-state index is 0.110. The maximum atomic E-state index is 12.9. The predicted octanol–water partition coefficient (Wildman–Crippen LogP) is 3.68. The van der Waals surface area contributed by atoms with Gasteiger partial charge in [-0.15, -0.1) is 0 Å². The molecule has 1 N–H and O–H groups in total. The largest absolute Gasteiger partial charge is 0.482 e. The third-order valence-electron chi connectivity index (χ3n) is 6.31. The van der Waals surface area contributed by atoms with Crippen LogP contribution in [0.5, 0.6) is 5.75 Å². The second-order valence-corrected chi connectivity index (χ2v) is 10.6. The highest BCUT2D eigenvalue weighted by atomic mass is 32.2. The van der Waals surface area contributed by atoms with Gasteiger partial charge in [-0.05, 0) is 60.2 Å². The highest BCUT2D eigenvalue weighted by molar-refractivity contribution is 7.89. The molecule has 0 aliphatic carbocycles. The van der Waals surface area contributed by atoms with Gasteiger partial charge in [-0.2, -0.15) is 4.31 Å². The molecule has 3 aromatic rings. The van der Waals surface area contributed by atoms with E-state index in [4.69, 9.17) is 9.47 Å². The quantitative estimate of drug-likeness (QED) is 0.403. The molecule has 0 unspecified atom stereocenters. The van der Waals surface area contributed by atoms with E-state index in [9.17, 15) is 22.8 Å². The summed E-state index contributed by atoms with van der Waals surface area (Å²) in [6.45, 7) is 4.26. The van der Waals surface area contributed by atoms with Crippen LogP contribution in [-0.4, -0.2) is 57.3 Å². The van der Waals surface area contributed by atoms with Gasteiger partial charge < -0.3 is 19.7 Å². The lowest BCUT2D eigenvalue weighted by Gasteiger charge is -2.30. The van der Waals surface area contributed by atoms with Crippen LogP contribution in [0.15, 0.2) is 71.6 Å². The van der Waals surface area contributed by atoms with Crippen LogP contribution in [0.3, 0.4) is 0 Å². The lowest BCUT2D eigenvalue weighted by molar-refractivity contribution is -0.121. The number of fused-ring (bicyclic) bond motifs is 1. The zero-order valence-electron chi connectivity index (χ0n) is 21.8. The number of ether oxygens (including phenoxy) is 2. The first kappa shape index (κ1) is 27.8. The summed E-state index contributed by atoms with van der Waals surface area (Å²) in [6.07, 6.45) is 0. The summed E-state index contributed by atoms with van der Waals surface area (Å²) in [4.78, 5) is 39.2. The van der Waals surface area contributed by atoms with Gasteiger partial charge in [-0.25, -0.2) is 13.2 Å². The Morgan fingerprint density at radius 1 is 1.00 bits per heavy atom. The van der Waals surface area contributed by atoms with Gasteiger partial charge in [0.2, 0.25) is 10.0 Å². The SMILES string of the molecule is CCN(CC)S(=O)(=O)c1ccc(C(=O)Nc2ccc3c(c2)N(Cc2cccc(C(=O)OC)c2)C(=O)CO3)cc1. The van der Waals surface area contributed by atoms with Crippen LogP contribution in [-0.2, 0) is 26.1 Å². The van der Waals surface area contributed by atoms with E-state index < -0.39 is 21.9 Å². The van der Waals surface area contributed by atoms with E-state index in [0.29, 0.717) is 41.3 Å². The second-order valence-electron chi connectivity index (χ2n) is 8.71. The normalized spacial score (nSPS) is 13.0. The number of sulfonamides is 1. The Kier molecular flexibility index (Phi) is 8.32. The molecule has 0 saturated heterocycles. The maximum absolute atomic E-state index is 12.9. The molecule has 1 aliphatic rings. The van der Waals surface area contributed by atoms with Crippen LogP contribution in [0.2, 0.25) is 0 Å². The van der Waals surface area contributed by atoms with E-state index in [1.54, 1.807) is 56.3 Å². The number of carbonyl (C=O) groups is 3. The second kappa shape index (κ2) is 11.7. The maximum Gasteiger partial charge on any atom is 0.337 e. The summed E-state index contributed by atoms with van der Waals surface area (Å²) in [5.41, 5.74) is 2.24. The van der Waals surface area contributed by atoms with E-state index in [1.807, 2.05) is 0 Å². The molecule has 11 heteroatoms. The molecule has 0 fully saturated rings. The van der Waals surface area contributed by atoms with E-state index >= 15 is 0 Å². The number of amides is 2. The number of rotatable bonds is 9. The summed E-state index contributed by atoms with van der Waals surface area (Å²) in [7, 11) is -2.33. The van der Waals surface area contributed by atoms with Gasteiger partial charge in [0.15, 0.2) is 6.61 Å². The molecule has 10 nitrogen and oxygen atoms in total. The van der Waals surface area contributed by atoms with Gasteiger partial charge in [0, 0.05) is 24.3 Å². The van der Waals surface area contributed by atoms with Crippen LogP contribution in [0.1, 0.15) is 40.1 Å². The molecular formula is C28H29N3O7S. The predicted molar refractivity (Wildman–Crippen MR) is 145 cm³/mol. The highest BCUT2D eigenvalue weighted by Crippen LogP contribution is 2.35. The van der Waals surface area contributed by atoms with Gasteiger partial charge in [-0.1, -0.05) is 26.0 Å². The molecule has 0 spiro atoms. The third kappa shape index (κ3) is 5.94. The first-order chi connectivity index (χ1) is 18.7. The molecule has 204 valence electrons. The van der Waals surface area contributed by atoms with Crippen molar-refractivity contribution in [3.8, 4) is 5.75 Å². The van der Waals surface area contributed by atoms with Crippen molar-refractivity contribution < 1.29 is 32.3 Å². The Labute approximate surface area is 227 Å². The fourth-order valence-electron chi connectivity index (χ4n) is 4.24. The van der Waals surface area contributed by atoms with Crippen molar-refractivity contribution in [3.63, 3.8) is 0 Å². The van der Waals surface area contributed by atoms with E-state index in [1.165, 1.54) is 40.6 Å². The molecule has 1 aliphatic heterocycles. The van der Waals surface area contributed by atoms with Crippen molar-refractivity contribution in [2.45, 2.75) is 25.3 Å². The zero-order valence-corrected chi connectivity index (χ0v) is 22.7. The summed E-state index contributed by atoms with van der Waals surface area (Å²) < 4.78 is 37.1. The van der Waals surface area contributed by atoms with Crippen LogP contribution >= 0.6 is 0 Å². The van der Waals surface area contributed by atoms with Crippen LogP contribution < -0.4 is 15.0 Å². The first-order valence-corrected chi connectivity index (χ1v) is 13.8. The van der Waals surface area contributed by atoms with Gasteiger partial charge in [-0.3, -0.25) is 9.59 Å². The molecule has 0 aromatic heterocycles. The average molecular weight is 552 g/mol. The molecule has 3 aromatic carbocycles. The van der Waals surface area contributed by atoms with E-state index in [2.05, 4.69) is 5.32 Å². The lowest BCUT2D eigenvalue weighted by atomic mass is 10.1. The number of anilines is 2. The molecule has 0 saturated carbocycles. The fraction of sp³-hybridized carbons (Fsp3) is 0.250. The van der Waals surface area contributed by atoms with Crippen molar-refractivity contribution in [2.75, 3.05) is 37.0 Å². The Balaban J connectivity index is 1.54. The summed E-state index contributed by atoms with van der Waals surface area (Å²) in [5, 5.41) is 2.79. The van der Waals surface area contributed by atoms with Crippen LogP contribution in [0.25, 0.3) is 0 Å². The number of hydrogen-bond donors (Lipinski definition) is 1. The van der Waals surface area contributed by atoms with E-state index in [0.717, 1.165) is 0 Å². The van der Waals surface area contributed by atoms with Crippen molar-refractivity contribution in [1.82, 2.24) is 4.31 Å². The number of esters is 1. The number of hydrogen-bond acceptors (Lipinski definition) is 7. The Morgan fingerprint density at radius 2 is 1.72 bits per heavy atom. The number of benzene rings is 3. The van der Waals surface area contributed by atoms with Gasteiger partial charge in [0.1, 0.15) is 5.75 Å². The first-order valence-electron chi connectivity index (χ1n) is 12.3. The van der Waals surface area contributed by atoms with E-state index in [-0.39, 0.29) is 29.5 Å². The molecule has 39 heavy (non-hydrogen) atoms. The minimum Gasteiger partial charge on any atom is -0.482 e. The molecular weight excluding hydrogens is 522 g/mol. The Hall–Kier alpha value is -4.22. The van der Waals surface area contributed by atoms with Crippen molar-refractivity contribution in [2.24, 2.45) is 0 Å². The van der Waals surface area contributed by atoms with Gasteiger partial charge in [0.05, 0.1) is 29.8 Å². The van der Waals surface area contributed by atoms with Crippen LogP contribution in [0.4, 0.5) is 11.4 Å². The summed E-state index contributed by atoms with van der Waals surface area (Å²) in [6, 6.07) is 17.5. The number of methoxy groups -OCH3 is 1. The average Bonchev–Trinajstić information content (AvgIpc) is 2.95. The van der Waals surface area contributed by atoms with Gasteiger partial charge in [0.25, 0.3) is 11.8 Å². The van der Waals surface area contributed by atoms with Gasteiger partial charge >= 0.3 is 5.97 Å². The molecule has 2 amide bonds. The third-order valence-corrected chi connectivity index (χ3v) is 8.37. The molecule has 0 atom stereocenters. The van der Waals surface area contributed by atoms with Crippen molar-refractivity contribution in [3.05, 3.63) is 83.4 Å².